The molecule has 98 valence electrons. The molecule has 0 bridgehead atoms. The monoisotopic (exact) mass is 294 g/mol. The second-order valence-corrected chi connectivity index (χ2v) is 5.36. The minimum absolute atomic E-state index is 0.135. The number of rotatable bonds is 4. The fourth-order valence-corrected chi connectivity index (χ4v) is 2.77. The minimum Gasteiger partial charge on any atom is -0.384 e. The molecule has 0 radical (unpaired) electrons. The molecule has 0 saturated carbocycles. The number of hydrogen-bond acceptors (Lipinski definition) is 2. The van der Waals surface area contributed by atoms with Crippen LogP contribution in [0.5, 0.6) is 0 Å². The highest BCUT2D eigenvalue weighted by Gasteiger charge is 2.07. The zero-order valence-electron chi connectivity index (χ0n) is 9.99. The Morgan fingerprint density at radius 3 is 2.63 bits per heavy atom. The third-order valence-electron chi connectivity index (χ3n) is 2.58. The largest absolute Gasteiger partial charge is 0.384 e. The van der Waals surface area contributed by atoms with Crippen molar-refractivity contribution in [3.05, 3.63) is 64.4 Å². The normalized spacial score (nSPS) is 10.4. The fraction of sp³-hybridized carbons (Fsp3) is 0.0714. The lowest BCUT2D eigenvalue weighted by molar-refractivity contribution is 0.617. The molecule has 19 heavy (non-hydrogen) atoms. The molecule has 0 unspecified atom stereocenters. The molecule has 0 aliphatic heterocycles. The van der Waals surface area contributed by atoms with Crippen molar-refractivity contribution in [2.45, 2.75) is 10.6 Å². The summed E-state index contributed by atoms with van der Waals surface area (Å²) < 4.78 is 13.8. The number of nitrogens with one attached hydrogen (secondary N) is 1. The highest BCUT2D eigenvalue weighted by molar-refractivity contribution is 7.98. The maximum Gasteiger partial charge on any atom is 0.127 e. The molecule has 2 aromatic carbocycles. The Kier molecular flexibility index (Phi) is 4.45. The lowest BCUT2D eigenvalue weighted by atomic mass is 10.1. The number of hydrogen-bond donors (Lipinski definition) is 2. The van der Waals surface area contributed by atoms with Gasteiger partial charge in [-0.1, -0.05) is 35.9 Å². The van der Waals surface area contributed by atoms with Crippen molar-refractivity contribution in [1.29, 1.82) is 5.41 Å². The van der Waals surface area contributed by atoms with Gasteiger partial charge in [-0.3, -0.25) is 5.41 Å². The summed E-state index contributed by atoms with van der Waals surface area (Å²) in [6, 6.07) is 12.0. The first-order valence-electron chi connectivity index (χ1n) is 5.58. The van der Waals surface area contributed by atoms with Crippen LogP contribution in [0, 0.1) is 11.2 Å². The van der Waals surface area contributed by atoms with E-state index in [-0.39, 0.29) is 11.7 Å². The van der Waals surface area contributed by atoms with Gasteiger partial charge < -0.3 is 5.73 Å². The lowest BCUT2D eigenvalue weighted by Gasteiger charge is -2.06. The van der Waals surface area contributed by atoms with Crippen LogP contribution in [0.25, 0.3) is 0 Å². The van der Waals surface area contributed by atoms with Gasteiger partial charge in [0.25, 0.3) is 0 Å². The zero-order valence-corrected chi connectivity index (χ0v) is 11.6. The SMILES string of the molecule is N=C(N)c1ccc(CSc2ccccc2Cl)c(F)c1. The van der Waals surface area contributed by atoms with Gasteiger partial charge in [0.05, 0.1) is 5.02 Å². The standard InChI is InChI=1S/C14H12ClFN2S/c15-11-3-1-2-4-13(11)19-8-10-6-5-9(14(17)18)7-12(10)16/h1-7H,8H2,(H3,17,18). The van der Waals surface area contributed by atoms with Crippen LogP contribution >= 0.6 is 23.4 Å². The molecule has 0 atom stereocenters. The summed E-state index contributed by atoms with van der Waals surface area (Å²) in [6.45, 7) is 0. The topological polar surface area (TPSA) is 49.9 Å². The Labute approximate surface area is 120 Å². The maximum absolute atomic E-state index is 13.8. The summed E-state index contributed by atoms with van der Waals surface area (Å²) in [5.74, 6) is -0.00948. The molecule has 0 amide bonds. The Bertz CT molecular complexity index is 616. The Morgan fingerprint density at radius 2 is 2.00 bits per heavy atom. The number of thioether (sulfide) groups is 1. The predicted octanol–water partition coefficient (Wildman–Crippen LogP) is 4.06. The van der Waals surface area contributed by atoms with Gasteiger partial charge in [0.2, 0.25) is 0 Å². The summed E-state index contributed by atoms with van der Waals surface area (Å²) in [5, 5.41) is 7.92. The van der Waals surface area contributed by atoms with Gasteiger partial charge in [-0.05, 0) is 23.8 Å². The van der Waals surface area contributed by atoms with E-state index in [0.29, 0.717) is 21.9 Å². The van der Waals surface area contributed by atoms with Gasteiger partial charge in [-0.15, -0.1) is 11.8 Å². The number of nitrogens with two attached hydrogens (primary N) is 1. The summed E-state index contributed by atoms with van der Waals surface area (Å²) in [6.07, 6.45) is 0. The van der Waals surface area contributed by atoms with Crippen molar-refractivity contribution >= 4 is 29.2 Å². The van der Waals surface area contributed by atoms with Crippen LogP contribution in [0.3, 0.4) is 0 Å². The van der Waals surface area contributed by atoms with Crippen LogP contribution in [0.2, 0.25) is 5.02 Å². The van der Waals surface area contributed by atoms with Crippen LogP contribution in [0.15, 0.2) is 47.4 Å². The molecule has 0 aliphatic rings. The number of halogens is 2. The molecule has 3 N–H and O–H groups in total. The van der Waals surface area contributed by atoms with E-state index in [9.17, 15) is 4.39 Å². The van der Waals surface area contributed by atoms with Crippen LogP contribution in [-0.2, 0) is 5.75 Å². The first-order chi connectivity index (χ1) is 9.08. The molecule has 0 heterocycles. The molecule has 0 aromatic heterocycles. The first-order valence-corrected chi connectivity index (χ1v) is 6.94. The quantitative estimate of drug-likeness (QED) is 0.507. The Morgan fingerprint density at radius 1 is 1.26 bits per heavy atom. The van der Waals surface area contributed by atoms with Crippen molar-refractivity contribution in [2.24, 2.45) is 5.73 Å². The first kappa shape index (κ1) is 13.9. The zero-order chi connectivity index (χ0) is 13.8. The Balaban J connectivity index is 2.12. The molecule has 0 saturated heterocycles. The highest BCUT2D eigenvalue weighted by Crippen LogP contribution is 2.30. The number of benzene rings is 2. The van der Waals surface area contributed by atoms with Crippen molar-refractivity contribution in [2.75, 3.05) is 0 Å². The van der Waals surface area contributed by atoms with E-state index in [0.717, 1.165) is 4.90 Å². The van der Waals surface area contributed by atoms with Gasteiger partial charge in [0.1, 0.15) is 11.7 Å². The lowest BCUT2D eigenvalue weighted by Crippen LogP contribution is -2.11. The molecule has 0 fully saturated rings. The van der Waals surface area contributed by atoms with Gasteiger partial charge in [0, 0.05) is 16.2 Å². The summed E-state index contributed by atoms with van der Waals surface area (Å²) in [7, 11) is 0. The second kappa shape index (κ2) is 6.08. The molecule has 2 rings (SSSR count). The molecule has 0 aliphatic carbocycles. The third kappa shape index (κ3) is 3.49. The van der Waals surface area contributed by atoms with Crippen LogP contribution < -0.4 is 5.73 Å². The van der Waals surface area contributed by atoms with E-state index in [1.807, 2.05) is 18.2 Å². The second-order valence-electron chi connectivity index (χ2n) is 3.94. The molecule has 0 spiro atoms. The molecular formula is C14H12ClFN2S. The number of amidine groups is 1. The average molecular weight is 295 g/mol. The fourth-order valence-electron chi connectivity index (χ4n) is 1.55. The van der Waals surface area contributed by atoms with Gasteiger partial charge in [0.15, 0.2) is 0 Å². The van der Waals surface area contributed by atoms with Crippen molar-refractivity contribution in [3.63, 3.8) is 0 Å². The van der Waals surface area contributed by atoms with E-state index < -0.39 is 0 Å². The van der Waals surface area contributed by atoms with Crippen LogP contribution in [-0.4, -0.2) is 5.84 Å². The smallest absolute Gasteiger partial charge is 0.127 e. The number of nitrogen functional groups attached to an aromatic ring is 1. The van der Waals surface area contributed by atoms with Crippen LogP contribution in [0.1, 0.15) is 11.1 Å². The highest BCUT2D eigenvalue weighted by atomic mass is 35.5. The van der Waals surface area contributed by atoms with Gasteiger partial charge in [-0.2, -0.15) is 0 Å². The van der Waals surface area contributed by atoms with Crippen molar-refractivity contribution in [1.82, 2.24) is 0 Å². The van der Waals surface area contributed by atoms with E-state index in [1.165, 1.54) is 17.8 Å². The van der Waals surface area contributed by atoms with E-state index in [4.69, 9.17) is 22.7 Å². The summed E-state index contributed by atoms with van der Waals surface area (Å²) in [5.41, 5.74) is 6.27. The van der Waals surface area contributed by atoms with Gasteiger partial charge in [-0.25, -0.2) is 4.39 Å². The molecule has 5 heteroatoms. The van der Waals surface area contributed by atoms with Crippen molar-refractivity contribution < 1.29 is 4.39 Å². The van der Waals surface area contributed by atoms with Crippen LogP contribution in [0.4, 0.5) is 4.39 Å². The molecule has 2 aromatic rings. The van der Waals surface area contributed by atoms with E-state index in [1.54, 1.807) is 18.2 Å². The average Bonchev–Trinajstić information content (AvgIpc) is 2.39. The maximum atomic E-state index is 13.8. The minimum atomic E-state index is -0.354. The van der Waals surface area contributed by atoms with Crippen molar-refractivity contribution in [3.8, 4) is 0 Å². The molecular weight excluding hydrogens is 283 g/mol. The summed E-state index contributed by atoms with van der Waals surface area (Å²) >= 11 is 7.51. The summed E-state index contributed by atoms with van der Waals surface area (Å²) in [4.78, 5) is 0.916. The van der Waals surface area contributed by atoms with E-state index >= 15 is 0 Å². The third-order valence-corrected chi connectivity index (χ3v) is 4.15. The van der Waals surface area contributed by atoms with E-state index in [2.05, 4.69) is 0 Å². The van der Waals surface area contributed by atoms with Gasteiger partial charge >= 0.3 is 0 Å². The Hall–Kier alpha value is -1.52. The molecule has 2 nitrogen and oxygen atoms in total. The predicted molar refractivity (Wildman–Crippen MR) is 78.4 cm³/mol.